The van der Waals surface area contributed by atoms with Gasteiger partial charge in [-0.05, 0) is 6.92 Å². The number of H-pyrrole nitrogens is 1. The van der Waals surface area contributed by atoms with Crippen LogP contribution in [-0.4, -0.2) is 35.0 Å². The number of aryl methyl sites for hydroxylation is 1. The number of sulfonamides is 1. The van der Waals surface area contributed by atoms with Gasteiger partial charge in [-0.1, -0.05) is 0 Å². The Labute approximate surface area is 103 Å². The van der Waals surface area contributed by atoms with Gasteiger partial charge in [0.05, 0.1) is 11.2 Å². The van der Waals surface area contributed by atoms with Gasteiger partial charge in [0.2, 0.25) is 10.0 Å². The number of aromatic amines is 1. The summed E-state index contributed by atoms with van der Waals surface area (Å²) in [6.45, 7) is 2.21. The van der Waals surface area contributed by atoms with Crippen molar-refractivity contribution in [1.82, 2.24) is 19.5 Å². The van der Waals surface area contributed by atoms with E-state index in [0.717, 1.165) is 9.88 Å². The molecular weight excluding hydrogens is 260 g/mol. The topological polar surface area (TPSA) is 79.0 Å². The quantitative estimate of drug-likeness (QED) is 0.900. The molecule has 8 heteroatoms. The summed E-state index contributed by atoms with van der Waals surface area (Å²) < 4.78 is 25.4. The van der Waals surface area contributed by atoms with Crippen LogP contribution in [0.3, 0.4) is 0 Å². The van der Waals surface area contributed by atoms with Gasteiger partial charge in [0.25, 0.3) is 0 Å². The van der Waals surface area contributed by atoms with Crippen molar-refractivity contribution >= 4 is 21.4 Å². The van der Waals surface area contributed by atoms with E-state index in [0.29, 0.717) is 6.54 Å². The molecule has 6 nitrogen and oxygen atoms in total. The number of aromatic nitrogens is 3. The zero-order valence-corrected chi connectivity index (χ0v) is 11.0. The molecule has 0 aliphatic carbocycles. The average molecular weight is 272 g/mol. The molecule has 0 aromatic carbocycles. The fourth-order valence-electron chi connectivity index (χ4n) is 1.34. The largest absolute Gasteiger partial charge is 0.284 e. The molecule has 0 radical (unpaired) electrons. The van der Waals surface area contributed by atoms with Gasteiger partial charge in [0, 0.05) is 30.9 Å². The SMILES string of the molecule is Cc1ncc(CN(C)S(=O)(=O)c2cn[nH]c2)s1. The monoisotopic (exact) mass is 272 g/mol. The van der Waals surface area contributed by atoms with E-state index in [-0.39, 0.29) is 4.90 Å². The highest BCUT2D eigenvalue weighted by atomic mass is 32.2. The molecular formula is C9H12N4O2S2. The Balaban J connectivity index is 2.18. The standard InChI is InChI=1S/C9H12N4O2S2/c1-7-10-3-8(16-7)6-13(2)17(14,15)9-4-11-12-5-9/h3-5H,6H2,1-2H3,(H,11,12). The number of rotatable bonds is 4. The van der Waals surface area contributed by atoms with Crippen molar-refractivity contribution in [3.63, 3.8) is 0 Å². The van der Waals surface area contributed by atoms with Crippen LogP contribution in [0.5, 0.6) is 0 Å². The second-order valence-corrected chi connectivity index (χ2v) is 6.90. The van der Waals surface area contributed by atoms with E-state index < -0.39 is 10.0 Å². The first-order valence-electron chi connectivity index (χ1n) is 4.86. The third-order valence-electron chi connectivity index (χ3n) is 2.23. The summed E-state index contributed by atoms with van der Waals surface area (Å²) in [6, 6.07) is 0. The highest BCUT2D eigenvalue weighted by Gasteiger charge is 2.22. The normalized spacial score (nSPS) is 12.2. The highest BCUT2D eigenvalue weighted by molar-refractivity contribution is 7.89. The van der Waals surface area contributed by atoms with Crippen LogP contribution in [0.25, 0.3) is 0 Å². The Morgan fingerprint density at radius 2 is 2.24 bits per heavy atom. The van der Waals surface area contributed by atoms with E-state index in [4.69, 9.17) is 0 Å². The summed E-state index contributed by atoms with van der Waals surface area (Å²) in [7, 11) is -1.93. The van der Waals surface area contributed by atoms with Crippen molar-refractivity contribution in [3.05, 3.63) is 28.5 Å². The molecule has 92 valence electrons. The van der Waals surface area contributed by atoms with Crippen LogP contribution in [0, 0.1) is 6.92 Å². The van der Waals surface area contributed by atoms with E-state index in [9.17, 15) is 8.42 Å². The summed E-state index contributed by atoms with van der Waals surface area (Å²) in [4.78, 5) is 5.17. The molecule has 0 aliphatic rings. The molecule has 0 spiro atoms. The van der Waals surface area contributed by atoms with Crippen LogP contribution in [-0.2, 0) is 16.6 Å². The minimum absolute atomic E-state index is 0.168. The fourth-order valence-corrected chi connectivity index (χ4v) is 3.33. The van der Waals surface area contributed by atoms with Crippen molar-refractivity contribution in [2.24, 2.45) is 0 Å². The van der Waals surface area contributed by atoms with Gasteiger partial charge >= 0.3 is 0 Å². The van der Waals surface area contributed by atoms with E-state index in [1.807, 2.05) is 6.92 Å². The lowest BCUT2D eigenvalue weighted by Crippen LogP contribution is -2.25. The molecule has 0 bridgehead atoms. The third-order valence-corrected chi connectivity index (χ3v) is 4.90. The van der Waals surface area contributed by atoms with Crippen molar-refractivity contribution in [2.75, 3.05) is 7.05 Å². The van der Waals surface area contributed by atoms with Gasteiger partial charge in [-0.25, -0.2) is 13.4 Å². The zero-order valence-electron chi connectivity index (χ0n) is 9.41. The Morgan fingerprint density at radius 3 is 2.76 bits per heavy atom. The smallest absolute Gasteiger partial charge is 0.246 e. The Hall–Kier alpha value is -1.25. The second kappa shape index (κ2) is 4.55. The molecule has 0 unspecified atom stereocenters. The minimum Gasteiger partial charge on any atom is -0.284 e. The number of hydrogen-bond acceptors (Lipinski definition) is 5. The van der Waals surface area contributed by atoms with Crippen molar-refractivity contribution < 1.29 is 8.42 Å². The first kappa shape index (κ1) is 12.2. The fraction of sp³-hybridized carbons (Fsp3) is 0.333. The maximum atomic E-state index is 12.1. The number of thiazole rings is 1. The first-order chi connectivity index (χ1) is 8.00. The number of hydrogen-bond donors (Lipinski definition) is 1. The van der Waals surface area contributed by atoms with Gasteiger partial charge in [-0.2, -0.15) is 9.40 Å². The van der Waals surface area contributed by atoms with E-state index in [1.54, 1.807) is 6.20 Å². The van der Waals surface area contributed by atoms with Gasteiger partial charge in [0.15, 0.2) is 0 Å². The molecule has 0 atom stereocenters. The molecule has 0 aliphatic heterocycles. The molecule has 2 rings (SSSR count). The molecule has 2 aromatic rings. The Kier molecular flexibility index (Phi) is 3.27. The number of nitrogens with zero attached hydrogens (tertiary/aromatic N) is 3. The zero-order chi connectivity index (χ0) is 12.5. The average Bonchev–Trinajstić information content (AvgIpc) is 2.89. The van der Waals surface area contributed by atoms with Gasteiger partial charge in [-0.15, -0.1) is 11.3 Å². The lowest BCUT2D eigenvalue weighted by atomic mass is 10.5. The molecule has 0 fully saturated rings. The van der Waals surface area contributed by atoms with Crippen molar-refractivity contribution in [2.45, 2.75) is 18.4 Å². The van der Waals surface area contributed by atoms with Crippen LogP contribution < -0.4 is 0 Å². The van der Waals surface area contributed by atoms with Crippen LogP contribution in [0.15, 0.2) is 23.5 Å². The van der Waals surface area contributed by atoms with Crippen LogP contribution >= 0.6 is 11.3 Å². The summed E-state index contributed by atoms with van der Waals surface area (Å²) in [5.74, 6) is 0. The predicted molar refractivity (Wildman–Crippen MR) is 64.1 cm³/mol. The van der Waals surface area contributed by atoms with Gasteiger partial charge in [-0.3, -0.25) is 5.10 Å². The van der Waals surface area contributed by atoms with Crippen LogP contribution in [0.2, 0.25) is 0 Å². The lowest BCUT2D eigenvalue weighted by molar-refractivity contribution is 0.469. The maximum Gasteiger partial charge on any atom is 0.246 e. The van der Waals surface area contributed by atoms with Crippen molar-refractivity contribution in [1.29, 1.82) is 0 Å². The number of nitrogens with one attached hydrogen (secondary N) is 1. The maximum absolute atomic E-state index is 12.1. The molecule has 0 saturated carbocycles. The molecule has 0 amide bonds. The van der Waals surface area contributed by atoms with E-state index in [1.165, 1.54) is 35.1 Å². The summed E-state index contributed by atoms with van der Waals surface area (Å²) >= 11 is 1.49. The molecule has 1 N–H and O–H groups in total. The van der Waals surface area contributed by atoms with Crippen molar-refractivity contribution in [3.8, 4) is 0 Å². The van der Waals surface area contributed by atoms with E-state index >= 15 is 0 Å². The minimum atomic E-state index is -3.47. The molecule has 17 heavy (non-hydrogen) atoms. The van der Waals surface area contributed by atoms with E-state index in [2.05, 4.69) is 15.2 Å². The highest BCUT2D eigenvalue weighted by Crippen LogP contribution is 2.18. The Bertz CT molecular complexity index is 588. The summed E-state index contributed by atoms with van der Waals surface area (Å²) in [5.41, 5.74) is 0. The van der Waals surface area contributed by atoms with Gasteiger partial charge in [0.1, 0.15) is 4.90 Å². The molecule has 2 heterocycles. The Morgan fingerprint density at radius 1 is 1.47 bits per heavy atom. The third kappa shape index (κ3) is 2.54. The first-order valence-corrected chi connectivity index (χ1v) is 7.12. The summed E-state index contributed by atoms with van der Waals surface area (Å²) in [6.07, 6.45) is 4.36. The lowest BCUT2D eigenvalue weighted by Gasteiger charge is -2.14. The molecule has 0 saturated heterocycles. The molecule has 2 aromatic heterocycles. The van der Waals surface area contributed by atoms with Crippen LogP contribution in [0.1, 0.15) is 9.88 Å². The van der Waals surface area contributed by atoms with Crippen LogP contribution in [0.4, 0.5) is 0 Å². The second-order valence-electron chi connectivity index (χ2n) is 3.54. The summed E-state index contributed by atoms with van der Waals surface area (Å²) in [5, 5.41) is 7.06. The predicted octanol–water partition coefficient (Wildman–Crippen LogP) is 0.995. The van der Waals surface area contributed by atoms with Gasteiger partial charge < -0.3 is 0 Å².